The van der Waals surface area contributed by atoms with Crippen LogP contribution in [0.3, 0.4) is 0 Å². The quantitative estimate of drug-likeness (QED) is 0.876. The van der Waals surface area contributed by atoms with E-state index in [1.807, 2.05) is 0 Å². The molecule has 2 aromatic heterocycles. The zero-order chi connectivity index (χ0) is 13.1. The molecule has 2 aromatic rings. The molecule has 7 nitrogen and oxygen atoms in total. The monoisotopic (exact) mass is 269 g/mol. The second-order valence-electron chi connectivity index (χ2n) is 3.38. The van der Waals surface area contributed by atoms with Crippen LogP contribution in [0.5, 0.6) is 0 Å². The molecule has 0 unspecified atom stereocenters. The van der Waals surface area contributed by atoms with Crippen molar-refractivity contribution in [3.63, 3.8) is 0 Å². The molecule has 1 amide bonds. The minimum Gasteiger partial charge on any atom is -0.480 e. The molecule has 0 radical (unpaired) electrons. The van der Waals surface area contributed by atoms with Gasteiger partial charge in [0.15, 0.2) is 11.0 Å². The predicted octanol–water partition coefficient (Wildman–Crippen LogP) is 1.47. The lowest BCUT2D eigenvalue weighted by molar-refractivity contribution is -0.137. The number of carboxylic acid groups (broad SMARTS) is 1. The lowest BCUT2D eigenvalue weighted by Gasteiger charge is -1.98. The third kappa shape index (κ3) is 2.89. The van der Waals surface area contributed by atoms with Gasteiger partial charge in [-0.1, -0.05) is 0 Å². The van der Waals surface area contributed by atoms with E-state index in [2.05, 4.69) is 10.4 Å². The molecule has 18 heavy (non-hydrogen) atoms. The van der Waals surface area contributed by atoms with Gasteiger partial charge in [-0.05, 0) is 23.7 Å². The van der Waals surface area contributed by atoms with Crippen LogP contribution < -0.4 is 5.32 Å². The number of hydrogen-bond acceptors (Lipinski definition) is 4. The van der Waals surface area contributed by atoms with Crippen LogP contribution in [0.1, 0.15) is 10.6 Å². The van der Waals surface area contributed by atoms with Gasteiger partial charge in [0.2, 0.25) is 0 Å². The molecule has 94 valence electrons. The number of hydrogen-bond donors (Lipinski definition) is 2. The Labute approximate surface area is 106 Å². The summed E-state index contributed by atoms with van der Waals surface area (Å²) in [5.74, 6) is -1.45. The summed E-state index contributed by atoms with van der Waals surface area (Å²) in [6.45, 7) is -0.275. The number of carboxylic acids is 1. The molecular formula is C10H8ClN3O4. The SMILES string of the molecule is O=C(O)Cn1cc(NC(=O)c2ccc(Cl)o2)cn1. The number of carbonyl (C=O) groups is 2. The Hall–Kier alpha value is -2.28. The van der Waals surface area contributed by atoms with E-state index in [9.17, 15) is 9.59 Å². The number of rotatable bonds is 4. The van der Waals surface area contributed by atoms with Crippen LogP contribution in [-0.2, 0) is 11.3 Å². The van der Waals surface area contributed by atoms with Gasteiger partial charge >= 0.3 is 5.97 Å². The summed E-state index contributed by atoms with van der Waals surface area (Å²) in [6.07, 6.45) is 2.74. The standard InChI is InChI=1S/C10H8ClN3O4/c11-8-2-1-7(18-8)10(17)13-6-3-12-14(4-6)5-9(15)16/h1-4H,5H2,(H,13,17)(H,15,16). The fourth-order valence-corrected chi connectivity index (χ4v) is 1.43. The molecule has 8 heteroatoms. The number of amides is 1. The summed E-state index contributed by atoms with van der Waals surface area (Å²) >= 11 is 5.54. The molecule has 0 aliphatic carbocycles. The molecule has 0 aromatic carbocycles. The van der Waals surface area contributed by atoms with Gasteiger partial charge in [-0.15, -0.1) is 0 Å². The summed E-state index contributed by atoms with van der Waals surface area (Å²) in [5, 5.41) is 14.9. The largest absolute Gasteiger partial charge is 0.480 e. The maximum Gasteiger partial charge on any atom is 0.325 e. The van der Waals surface area contributed by atoms with E-state index in [0.717, 1.165) is 0 Å². The number of aliphatic carboxylic acids is 1. The Morgan fingerprint density at radius 2 is 2.28 bits per heavy atom. The summed E-state index contributed by atoms with van der Waals surface area (Å²) < 4.78 is 6.11. The van der Waals surface area contributed by atoms with Gasteiger partial charge in [-0.3, -0.25) is 14.3 Å². The fourth-order valence-electron chi connectivity index (χ4n) is 1.28. The zero-order valence-corrected chi connectivity index (χ0v) is 9.72. The third-order valence-electron chi connectivity index (χ3n) is 1.99. The number of halogens is 1. The van der Waals surface area contributed by atoms with E-state index in [-0.39, 0.29) is 17.5 Å². The highest BCUT2D eigenvalue weighted by atomic mass is 35.5. The first-order chi connectivity index (χ1) is 8.54. The molecule has 0 aliphatic heterocycles. The number of anilines is 1. The zero-order valence-electron chi connectivity index (χ0n) is 8.96. The van der Waals surface area contributed by atoms with E-state index < -0.39 is 11.9 Å². The second kappa shape index (κ2) is 4.92. The number of nitrogens with one attached hydrogen (secondary N) is 1. The van der Waals surface area contributed by atoms with Gasteiger partial charge in [-0.25, -0.2) is 0 Å². The van der Waals surface area contributed by atoms with E-state index in [0.29, 0.717) is 5.69 Å². The smallest absolute Gasteiger partial charge is 0.325 e. The molecule has 0 spiro atoms. The van der Waals surface area contributed by atoms with Crippen molar-refractivity contribution >= 4 is 29.2 Å². The number of nitrogens with zero attached hydrogens (tertiary/aromatic N) is 2. The topological polar surface area (TPSA) is 97.4 Å². The molecule has 0 fully saturated rings. The van der Waals surface area contributed by atoms with Crippen molar-refractivity contribution in [2.24, 2.45) is 0 Å². The van der Waals surface area contributed by atoms with Crippen molar-refractivity contribution in [3.05, 3.63) is 35.5 Å². The number of aromatic nitrogens is 2. The summed E-state index contributed by atoms with van der Waals surface area (Å²) in [6, 6.07) is 2.88. The molecular weight excluding hydrogens is 262 g/mol. The molecule has 2 heterocycles. The van der Waals surface area contributed by atoms with Crippen molar-refractivity contribution in [1.29, 1.82) is 0 Å². The van der Waals surface area contributed by atoms with E-state index >= 15 is 0 Å². The lowest BCUT2D eigenvalue weighted by atomic mass is 10.4. The Kier molecular flexibility index (Phi) is 3.33. The third-order valence-corrected chi connectivity index (χ3v) is 2.19. The van der Waals surface area contributed by atoms with E-state index in [1.165, 1.54) is 29.2 Å². The summed E-state index contributed by atoms with van der Waals surface area (Å²) in [7, 11) is 0. The molecule has 0 saturated heterocycles. The Morgan fingerprint density at radius 3 is 2.89 bits per heavy atom. The Balaban J connectivity index is 2.03. The van der Waals surface area contributed by atoms with Crippen LogP contribution in [0.25, 0.3) is 0 Å². The van der Waals surface area contributed by atoms with Crippen LogP contribution in [0.4, 0.5) is 5.69 Å². The first kappa shape index (κ1) is 12.2. The minimum absolute atomic E-state index is 0.0611. The maximum atomic E-state index is 11.6. The Morgan fingerprint density at radius 1 is 1.50 bits per heavy atom. The average Bonchev–Trinajstić information content (AvgIpc) is 2.87. The minimum atomic E-state index is -1.02. The molecule has 0 atom stereocenters. The molecule has 0 bridgehead atoms. The van der Waals surface area contributed by atoms with E-state index in [4.69, 9.17) is 21.1 Å². The normalized spacial score (nSPS) is 10.3. The van der Waals surface area contributed by atoms with E-state index in [1.54, 1.807) is 0 Å². The van der Waals surface area contributed by atoms with Gasteiger partial charge in [-0.2, -0.15) is 5.10 Å². The van der Waals surface area contributed by atoms with Gasteiger partial charge in [0.05, 0.1) is 11.9 Å². The predicted molar refractivity (Wildman–Crippen MR) is 61.5 cm³/mol. The molecule has 0 aliphatic rings. The molecule has 0 saturated carbocycles. The highest BCUT2D eigenvalue weighted by Crippen LogP contribution is 2.15. The van der Waals surface area contributed by atoms with Crippen molar-refractivity contribution in [2.75, 3.05) is 5.32 Å². The van der Waals surface area contributed by atoms with Crippen molar-refractivity contribution in [3.8, 4) is 0 Å². The summed E-state index contributed by atoms with van der Waals surface area (Å²) in [4.78, 5) is 22.1. The van der Waals surface area contributed by atoms with Crippen LogP contribution in [0, 0.1) is 0 Å². The van der Waals surface area contributed by atoms with Crippen LogP contribution in [0.15, 0.2) is 28.9 Å². The molecule has 2 N–H and O–H groups in total. The first-order valence-corrected chi connectivity index (χ1v) is 5.23. The first-order valence-electron chi connectivity index (χ1n) is 4.85. The van der Waals surface area contributed by atoms with Gasteiger partial charge < -0.3 is 14.8 Å². The number of furan rings is 1. The Bertz CT molecular complexity index is 589. The average molecular weight is 270 g/mol. The fraction of sp³-hybridized carbons (Fsp3) is 0.100. The van der Waals surface area contributed by atoms with Gasteiger partial charge in [0.25, 0.3) is 5.91 Å². The van der Waals surface area contributed by atoms with Crippen molar-refractivity contribution in [2.45, 2.75) is 6.54 Å². The van der Waals surface area contributed by atoms with Crippen LogP contribution >= 0.6 is 11.6 Å². The highest BCUT2D eigenvalue weighted by molar-refractivity contribution is 6.29. The highest BCUT2D eigenvalue weighted by Gasteiger charge is 2.12. The lowest BCUT2D eigenvalue weighted by Crippen LogP contribution is -2.11. The van der Waals surface area contributed by atoms with Gasteiger partial charge in [0, 0.05) is 6.20 Å². The maximum absolute atomic E-state index is 11.6. The summed E-state index contributed by atoms with van der Waals surface area (Å²) in [5.41, 5.74) is 0.369. The molecule has 2 rings (SSSR count). The van der Waals surface area contributed by atoms with Crippen molar-refractivity contribution in [1.82, 2.24) is 9.78 Å². The second-order valence-corrected chi connectivity index (χ2v) is 3.75. The van der Waals surface area contributed by atoms with Crippen LogP contribution in [0.2, 0.25) is 5.22 Å². The van der Waals surface area contributed by atoms with Crippen molar-refractivity contribution < 1.29 is 19.1 Å². The van der Waals surface area contributed by atoms with Gasteiger partial charge in [0.1, 0.15) is 6.54 Å². The van der Waals surface area contributed by atoms with Crippen LogP contribution in [-0.4, -0.2) is 26.8 Å². The number of carbonyl (C=O) groups excluding carboxylic acids is 1.